The standard InChI is InChI=1S/C23H35N3O3/c1-3-29-21-7-5-4-6-19(21)17-25-10-8-23(9-11-25)16-20(24(2)18-23)22(27)26-12-14-28-15-13-26/h4-7,20H,3,8-18H2,1-2H3. The largest absolute Gasteiger partial charge is 0.494 e. The lowest BCUT2D eigenvalue weighted by atomic mass is 9.76. The van der Waals surface area contributed by atoms with E-state index in [0.29, 0.717) is 25.7 Å². The number of morpholine rings is 1. The van der Waals surface area contributed by atoms with E-state index < -0.39 is 0 Å². The van der Waals surface area contributed by atoms with Crippen LogP contribution >= 0.6 is 0 Å². The Morgan fingerprint density at radius 2 is 1.90 bits per heavy atom. The lowest BCUT2D eigenvalue weighted by molar-refractivity contribution is -0.139. The minimum atomic E-state index is 0.0401. The molecule has 1 amide bonds. The van der Waals surface area contributed by atoms with Gasteiger partial charge in [0, 0.05) is 31.7 Å². The zero-order chi connectivity index (χ0) is 20.3. The summed E-state index contributed by atoms with van der Waals surface area (Å²) >= 11 is 0. The number of para-hydroxylation sites is 1. The molecule has 160 valence electrons. The molecule has 6 nitrogen and oxygen atoms in total. The van der Waals surface area contributed by atoms with Crippen LogP contribution in [0.5, 0.6) is 5.75 Å². The molecular formula is C23H35N3O3. The summed E-state index contributed by atoms with van der Waals surface area (Å²) in [6.45, 7) is 9.72. The molecule has 0 aliphatic carbocycles. The lowest BCUT2D eigenvalue weighted by Crippen LogP contribution is -2.48. The Bertz CT molecular complexity index is 696. The van der Waals surface area contributed by atoms with Crippen molar-refractivity contribution in [3.8, 4) is 5.75 Å². The van der Waals surface area contributed by atoms with Gasteiger partial charge in [-0.05, 0) is 57.8 Å². The normalized spacial score (nSPS) is 25.4. The van der Waals surface area contributed by atoms with E-state index in [9.17, 15) is 4.79 Å². The third kappa shape index (κ3) is 4.60. The summed E-state index contributed by atoms with van der Waals surface area (Å²) in [6, 6.07) is 8.42. The predicted octanol–water partition coefficient (Wildman–Crippen LogP) is 2.23. The van der Waals surface area contributed by atoms with Crippen molar-refractivity contribution in [2.45, 2.75) is 38.8 Å². The van der Waals surface area contributed by atoms with Crippen molar-refractivity contribution >= 4 is 5.91 Å². The number of carbonyl (C=O) groups excluding carboxylic acids is 1. The molecular weight excluding hydrogens is 366 g/mol. The third-order valence-electron chi connectivity index (χ3n) is 6.93. The van der Waals surface area contributed by atoms with E-state index in [0.717, 1.165) is 51.4 Å². The van der Waals surface area contributed by atoms with Gasteiger partial charge in [0.05, 0.1) is 25.9 Å². The van der Waals surface area contributed by atoms with E-state index in [1.54, 1.807) is 0 Å². The second-order valence-electron chi connectivity index (χ2n) is 8.89. The van der Waals surface area contributed by atoms with Gasteiger partial charge in [-0.15, -0.1) is 0 Å². The van der Waals surface area contributed by atoms with Crippen LogP contribution in [0.15, 0.2) is 24.3 Å². The number of nitrogens with zero attached hydrogens (tertiary/aromatic N) is 3. The van der Waals surface area contributed by atoms with Crippen LogP contribution in [0.2, 0.25) is 0 Å². The maximum absolute atomic E-state index is 13.0. The van der Waals surface area contributed by atoms with Crippen LogP contribution in [0.4, 0.5) is 0 Å². The Morgan fingerprint density at radius 1 is 1.17 bits per heavy atom. The van der Waals surface area contributed by atoms with Gasteiger partial charge in [-0.2, -0.15) is 0 Å². The Morgan fingerprint density at radius 3 is 2.62 bits per heavy atom. The van der Waals surface area contributed by atoms with Gasteiger partial charge in [0.2, 0.25) is 5.91 Å². The number of hydrogen-bond donors (Lipinski definition) is 0. The maximum atomic E-state index is 13.0. The first-order valence-corrected chi connectivity index (χ1v) is 11.1. The summed E-state index contributed by atoms with van der Waals surface area (Å²) in [5.74, 6) is 1.31. The van der Waals surface area contributed by atoms with Crippen LogP contribution in [0, 0.1) is 5.41 Å². The third-order valence-corrected chi connectivity index (χ3v) is 6.93. The van der Waals surface area contributed by atoms with Crippen LogP contribution < -0.4 is 4.74 Å². The van der Waals surface area contributed by atoms with Crippen molar-refractivity contribution < 1.29 is 14.3 Å². The first-order chi connectivity index (χ1) is 14.1. The Labute approximate surface area is 174 Å². The van der Waals surface area contributed by atoms with Crippen molar-refractivity contribution in [3.63, 3.8) is 0 Å². The molecule has 3 aliphatic heterocycles. The highest BCUT2D eigenvalue weighted by Gasteiger charge is 2.47. The summed E-state index contributed by atoms with van der Waals surface area (Å²) in [5.41, 5.74) is 1.56. The fourth-order valence-electron chi connectivity index (χ4n) is 5.26. The molecule has 3 aliphatic rings. The highest BCUT2D eigenvalue weighted by molar-refractivity contribution is 5.82. The number of ether oxygens (including phenoxy) is 2. The Hall–Kier alpha value is -1.63. The van der Waals surface area contributed by atoms with Crippen LogP contribution in [-0.2, 0) is 16.1 Å². The molecule has 1 aromatic carbocycles. The number of rotatable bonds is 5. The highest BCUT2D eigenvalue weighted by atomic mass is 16.5. The predicted molar refractivity (Wildman–Crippen MR) is 113 cm³/mol. The number of likely N-dealkylation sites (tertiary alicyclic amines) is 2. The number of amides is 1. The van der Waals surface area contributed by atoms with E-state index >= 15 is 0 Å². The second kappa shape index (κ2) is 9.02. The summed E-state index contributed by atoms with van der Waals surface area (Å²) in [7, 11) is 2.13. The van der Waals surface area contributed by atoms with E-state index in [1.807, 2.05) is 17.9 Å². The molecule has 1 spiro atoms. The smallest absolute Gasteiger partial charge is 0.240 e. The van der Waals surface area contributed by atoms with Gasteiger partial charge in [-0.1, -0.05) is 18.2 Å². The topological polar surface area (TPSA) is 45.3 Å². The number of piperidine rings is 1. The molecule has 1 aromatic rings. The fourth-order valence-corrected chi connectivity index (χ4v) is 5.26. The molecule has 3 heterocycles. The number of benzene rings is 1. The van der Waals surface area contributed by atoms with Gasteiger partial charge < -0.3 is 14.4 Å². The average molecular weight is 402 g/mol. The molecule has 4 rings (SSSR count). The first-order valence-electron chi connectivity index (χ1n) is 11.1. The zero-order valence-corrected chi connectivity index (χ0v) is 17.9. The summed E-state index contributed by atoms with van der Waals surface area (Å²) in [5, 5.41) is 0. The number of hydrogen-bond acceptors (Lipinski definition) is 5. The minimum Gasteiger partial charge on any atom is -0.494 e. The van der Waals surface area contributed by atoms with Gasteiger partial charge in [0.1, 0.15) is 5.75 Å². The van der Waals surface area contributed by atoms with Crippen LogP contribution in [0.25, 0.3) is 0 Å². The van der Waals surface area contributed by atoms with E-state index in [-0.39, 0.29) is 11.5 Å². The number of carbonyl (C=O) groups is 1. The van der Waals surface area contributed by atoms with Crippen molar-refractivity contribution in [2.24, 2.45) is 5.41 Å². The first kappa shape index (κ1) is 20.6. The van der Waals surface area contributed by atoms with Crippen molar-refractivity contribution in [1.29, 1.82) is 0 Å². The maximum Gasteiger partial charge on any atom is 0.240 e. The molecule has 6 heteroatoms. The molecule has 1 unspecified atom stereocenters. The molecule has 29 heavy (non-hydrogen) atoms. The monoisotopic (exact) mass is 401 g/mol. The van der Waals surface area contributed by atoms with Crippen LogP contribution in [0.1, 0.15) is 31.7 Å². The van der Waals surface area contributed by atoms with Crippen molar-refractivity contribution in [3.05, 3.63) is 29.8 Å². The van der Waals surface area contributed by atoms with Crippen molar-refractivity contribution in [2.75, 3.05) is 59.6 Å². The Kier molecular flexibility index (Phi) is 6.42. The zero-order valence-electron chi connectivity index (χ0n) is 17.9. The van der Waals surface area contributed by atoms with Gasteiger partial charge in [0.15, 0.2) is 0 Å². The van der Waals surface area contributed by atoms with Gasteiger partial charge in [0.25, 0.3) is 0 Å². The van der Waals surface area contributed by atoms with Gasteiger partial charge in [-0.25, -0.2) is 0 Å². The lowest BCUT2D eigenvalue weighted by Gasteiger charge is -2.39. The molecule has 3 saturated heterocycles. The van der Waals surface area contributed by atoms with E-state index in [4.69, 9.17) is 9.47 Å². The Balaban J connectivity index is 1.34. The van der Waals surface area contributed by atoms with Crippen molar-refractivity contribution in [1.82, 2.24) is 14.7 Å². The van der Waals surface area contributed by atoms with Gasteiger partial charge >= 0.3 is 0 Å². The average Bonchev–Trinajstić information content (AvgIpc) is 3.07. The van der Waals surface area contributed by atoms with Crippen LogP contribution in [-0.4, -0.2) is 86.2 Å². The highest BCUT2D eigenvalue weighted by Crippen LogP contribution is 2.43. The SMILES string of the molecule is CCOc1ccccc1CN1CCC2(CC1)CC(C(=O)N1CCOCC1)N(C)C2. The second-order valence-corrected chi connectivity index (χ2v) is 8.89. The molecule has 0 radical (unpaired) electrons. The van der Waals surface area contributed by atoms with E-state index in [1.165, 1.54) is 18.4 Å². The summed E-state index contributed by atoms with van der Waals surface area (Å²) in [6.07, 6.45) is 3.34. The van der Waals surface area contributed by atoms with Gasteiger partial charge in [-0.3, -0.25) is 14.6 Å². The number of likely N-dealkylation sites (N-methyl/N-ethyl adjacent to an activating group) is 1. The quantitative estimate of drug-likeness (QED) is 0.757. The molecule has 0 saturated carbocycles. The van der Waals surface area contributed by atoms with Crippen LogP contribution in [0.3, 0.4) is 0 Å². The molecule has 0 aromatic heterocycles. The minimum absolute atomic E-state index is 0.0401. The molecule has 0 N–H and O–H groups in total. The molecule has 0 bridgehead atoms. The summed E-state index contributed by atoms with van der Waals surface area (Å²) < 4.78 is 11.2. The fraction of sp³-hybridized carbons (Fsp3) is 0.696. The molecule has 3 fully saturated rings. The summed E-state index contributed by atoms with van der Waals surface area (Å²) in [4.78, 5) is 19.9. The molecule has 1 atom stereocenters. The van der Waals surface area contributed by atoms with E-state index in [2.05, 4.69) is 35.0 Å².